The minimum Gasteiger partial charge on any atom is -0.459 e. The molecular weight excluding hydrogens is 417 g/mol. The number of hydrogen-bond acceptors (Lipinski definition) is 6. The van der Waals surface area contributed by atoms with Gasteiger partial charge in [0, 0.05) is 18.3 Å². The molecule has 122 valence electrons. The normalized spacial score (nSPS) is 13.3. The average Bonchev–Trinajstić information content (AvgIpc) is 2.89. The van der Waals surface area contributed by atoms with Gasteiger partial charge < -0.3 is 9.84 Å². The van der Waals surface area contributed by atoms with E-state index in [4.69, 9.17) is 4.74 Å². The van der Waals surface area contributed by atoms with Crippen molar-refractivity contribution in [1.82, 2.24) is 9.78 Å². The molecule has 0 fully saturated rings. The van der Waals surface area contributed by atoms with Gasteiger partial charge in [-0.3, -0.25) is 14.8 Å². The van der Waals surface area contributed by atoms with Crippen LogP contribution in [-0.4, -0.2) is 38.0 Å². The van der Waals surface area contributed by atoms with E-state index in [2.05, 4.69) is 27.7 Å². The smallest absolute Gasteiger partial charge is 0.338 e. The topological polar surface area (TPSA) is 107 Å². The second kappa shape index (κ2) is 7.04. The summed E-state index contributed by atoms with van der Waals surface area (Å²) in [6, 6.07) is 5.07. The number of ether oxygens (including phenoxy) is 1. The second-order valence-corrected chi connectivity index (χ2v) is 6.48. The zero-order valence-electron chi connectivity index (χ0n) is 12.2. The van der Waals surface area contributed by atoms with E-state index in [1.807, 2.05) is 0 Å². The fourth-order valence-electron chi connectivity index (χ4n) is 1.84. The molecule has 0 aliphatic rings. The largest absolute Gasteiger partial charge is 0.459 e. The Morgan fingerprint density at radius 3 is 2.65 bits per heavy atom. The Labute approximate surface area is 145 Å². The maximum atomic E-state index is 11.9. The van der Waals surface area contributed by atoms with Crippen molar-refractivity contribution in [2.75, 3.05) is 6.61 Å². The van der Waals surface area contributed by atoms with Gasteiger partial charge in [-0.15, -0.1) is 0 Å². The second-order valence-electron chi connectivity index (χ2n) is 5.23. The molecule has 1 N–H and O–H groups in total. The monoisotopic (exact) mass is 431 g/mol. The number of esters is 1. The lowest BCUT2D eigenvalue weighted by molar-refractivity contribution is -0.384. The van der Waals surface area contributed by atoms with Crippen molar-refractivity contribution in [3.63, 3.8) is 0 Å². The van der Waals surface area contributed by atoms with Gasteiger partial charge in [0.2, 0.25) is 0 Å². The summed E-state index contributed by atoms with van der Waals surface area (Å²) in [4.78, 5) is 21.9. The van der Waals surface area contributed by atoms with Crippen LogP contribution in [0.3, 0.4) is 0 Å². The maximum absolute atomic E-state index is 11.9. The molecule has 0 radical (unpaired) electrons. The fourth-order valence-corrected chi connectivity index (χ4v) is 2.29. The Balaban J connectivity index is 1.93. The lowest BCUT2D eigenvalue weighted by Gasteiger charge is -2.22. The zero-order valence-corrected chi connectivity index (χ0v) is 14.3. The van der Waals surface area contributed by atoms with Gasteiger partial charge in [-0.2, -0.15) is 5.10 Å². The third-order valence-electron chi connectivity index (χ3n) is 2.93. The van der Waals surface area contributed by atoms with Crippen LogP contribution >= 0.6 is 22.6 Å². The number of carbonyl (C=O) groups excluding carboxylic acids is 1. The van der Waals surface area contributed by atoms with Crippen molar-refractivity contribution in [1.29, 1.82) is 0 Å². The molecule has 1 heterocycles. The number of benzene rings is 1. The molecule has 8 nitrogen and oxygen atoms in total. The first-order chi connectivity index (χ1) is 10.8. The van der Waals surface area contributed by atoms with Crippen molar-refractivity contribution >= 4 is 34.2 Å². The molecule has 2 aromatic rings. The highest BCUT2D eigenvalue weighted by atomic mass is 127. The number of non-ortho nitro benzene ring substituents is 1. The Bertz CT molecular complexity index is 711. The molecule has 23 heavy (non-hydrogen) atoms. The molecule has 0 saturated carbocycles. The van der Waals surface area contributed by atoms with Gasteiger partial charge in [-0.1, -0.05) is 0 Å². The SMILES string of the molecule is C[C@@](O)(COC(=O)c1ccc([N+](=O)[O-])cc1)Cn1cc(I)cn1. The molecule has 0 saturated heterocycles. The van der Waals surface area contributed by atoms with Crippen LogP contribution in [0.25, 0.3) is 0 Å². The van der Waals surface area contributed by atoms with Crippen LogP contribution in [0.4, 0.5) is 5.69 Å². The summed E-state index contributed by atoms with van der Waals surface area (Å²) in [5.41, 5.74) is -1.21. The number of aromatic nitrogens is 2. The molecule has 0 aliphatic heterocycles. The first-order valence-electron chi connectivity index (χ1n) is 6.59. The first kappa shape index (κ1) is 17.3. The molecule has 0 spiro atoms. The lowest BCUT2D eigenvalue weighted by atomic mass is 10.1. The van der Waals surface area contributed by atoms with E-state index in [0.29, 0.717) is 0 Å². The number of halogens is 1. The number of aliphatic hydroxyl groups is 1. The Hall–Kier alpha value is -2.01. The van der Waals surface area contributed by atoms with Gasteiger partial charge in [0.25, 0.3) is 5.69 Å². The predicted octanol–water partition coefficient (Wildman–Crippen LogP) is 2.00. The summed E-state index contributed by atoms with van der Waals surface area (Å²) >= 11 is 2.10. The Morgan fingerprint density at radius 1 is 1.48 bits per heavy atom. The Kier molecular flexibility index (Phi) is 5.31. The van der Waals surface area contributed by atoms with Gasteiger partial charge >= 0.3 is 5.97 Å². The zero-order chi connectivity index (χ0) is 17.0. The molecule has 0 aliphatic carbocycles. The van der Waals surface area contributed by atoms with Crippen molar-refractivity contribution in [2.45, 2.75) is 19.1 Å². The summed E-state index contributed by atoms with van der Waals surface area (Å²) in [6.07, 6.45) is 3.41. The van der Waals surface area contributed by atoms with Crippen molar-refractivity contribution in [2.24, 2.45) is 0 Å². The van der Waals surface area contributed by atoms with E-state index in [1.54, 1.807) is 17.1 Å². The van der Waals surface area contributed by atoms with Crippen LogP contribution in [0.5, 0.6) is 0 Å². The molecular formula is C14H14IN3O5. The maximum Gasteiger partial charge on any atom is 0.338 e. The van der Waals surface area contributed by atoms with Crippen LogP contribution in [0.1, 0.15) is 17.3 Å². The van der Waals surface area contributed by atoms with E-state index in [-0.39, 0.29) is 24.4 Å². The quantitative estimate of drug-likeness (QED) is 0.325. The molecule has 0 bridgehead atoms. The summed E-state index contributed by atoms with van der Waals surface area (Å²) in [5, 5.41) is 24.9. The van der Waals surface area contributed by atoms with Crippen molar-refractivity contribution in [3.05, 3.63) is 55.9 Å². The van der Waals surface area contributed by atoms with E-state index >= 15 is 0 Å². The predicted molar refractivity (Wildman–Crippen MR) is 88.9 cm³/mol. The number of rotatable bonds is 6. The summed E-state index contributed by atoms with van der Waals surface area (Å²) in [5.74, 6) is -0.657. The van der Waals surface area contributed by atoms with Crippen LogP contribution in [-0.2, 0) is 11.3 Å². The van der Waals surface area contributed by atoms with E-state index < -0.39 is 16.5 Å². The standard InChI is InChI=1S/C14H14IN3O5/c1-14(20,8-17-7-11(15)6-16-17)9-23-13(19)10-2-4-12(5-3-10)18(21)22/h2-7,20H,8-9H2,1H3/t14-/m0/s1. The van der Waals surface area contributed by atoms with Crippen molar-refractivity contribution < 1.29 is 19.6 Å². The highest BCUT2D eigenvalue weighted by Crippen LogP contribution is 2.14. The highest BCUT2D eigenvalue weighted by molar-refractivity contribution is 14.1. The molecule has 1 aromatic heterocycles. The molecule has 0 amide bonds. The summed E-state index contributed by atoms with van der Waals surface area (Å²) < 4.78 is 7.56. The summed E-state index contributed by atoms with van der Waals surface area (Å²) in [7, 11) is 0. The number of nitrogens with zero attached hydrogens (tertiary/aromatic N) is 3. The number of nitro groups is 1. The van der Waals surface area contributed by atoms with Crippen LogP contribution in [0, 0.1) is 13.7 Å². The molecule has 9 heteroatoms. The molecule has 1 aromatic carbocycles. The summed E-state index contributed by atoms with van der Waals surface area (Å²) in [6.45, 7) is 1.48. The first-order valence-corrected chi connectivity index (χ1v) is 7.67. The van der Waals surface area contributed by atoms with E-state index in [9.17, 15) is 20.0 Å². The van der Waals surface area contributed by atoms with E-state index in [0.717, 1.165) is 3.57 Å². The van der Waals surface area contributed by atoms with Crippen LogP contribution < -0.4 is 0 Å². The molecule has 1 atom stereocenters. The van der Waals surface area contributed by atoms with Gasteiger partial charge in [-0.25, -0.2) is 4.79 Å². The van der Waals surface area contributed by atoms with Gasteiger partial charge in [0.1, 0.15) is 12.2 Å². The van der Waals surface area contributed by atoms with Crippen molar-refractivity contribution in [3.8, 4) is 0 Å². The minimum atomic E-state index is -1.29. The average molecular weight is 431 g/mol. The van der Waals surface area contributed by atoms with Crippen LogP contribution in [0.2, 0.25) is 0 Å². The Morgan fingerprint density at radius 2 is 2.13 bits per heavy atom. The van der Waals surface area contributed by atoms with Gasteiger partial charge in [0.05, 0.1) is 26.8 Å². The van der Waals surface area contributed by atoms with Gasteiger partial charge in [0.15, 0.2) is 0 Å². The van der Waals surface area contributed by atoms with E-state index in [1.165, 1.54) is 31.2 Å². The number of carbonyl (C=O) groups is 1. The highest BCUT2D eigenvalue weighted by Gasteiger charge is 2.24. The number of nitro benzene ring substituents is 1. The third-order valence-corrected chi connectivity index (χ3v) is 3.49. The molecule has 0 unspecified atom stereocenters. The fraction of sp³-hybridized carbons (Fsp3) is 0.286. The third kappa shape index (κ3) is 4.99. The lowest BCUT2D eigenvalue weighted by Crippen LogP contribution is -2.37. The van der Waals surface area contributed by atoms with Gasteiger partial charge in [-0.05, 0) is 41.6 Å². The molecule has 2 rings (SSSR count). The van der Waals surface area contributed by atoms with Crippen LogP contribution in [0.15, 0.2) is 36.7 Å². The minimum absolute atomic E-state index is 0.109. The number of hydrogen-bond donors (Lipinski definition) is 1.